The highest BCUT2D eigenvalue weighted by atomic mass is 16.1. The van der Waals surface area contributed by atoms with Gasteiger partial charge in [-0.25, -0.2) is 0 Å². The molecule has 2 heterocycles. The summed E-state index contributed by atoms with van der Waals surface area (Å²) in [4.78, 5) is 16.0. The normalized spacial score (nSPS) is 15.6. The highest BCUT2D eigenvalue weighted by molar-refractivity contribution is 5.92. The van der Waals surface area contributed by atoms with Gasteiger partial charge < -0.3 is 5.32 Å². The quantitative estimate of drug-likeness (QED) is 0.886. The van der Waals surface area contributed by atoms with Crippen LogP contribution in [0.1, 0.15) is 25.7 Å². The summed E-state index contributed by atoms with van der Waals surface area (Å²) < 4.78 is 0. The molecule has 2 aromatic heterocycles. The van der Waals surface area contributed by atoms with E-state index in [0.29, 0.717) is 5.82 Å². The van der Waals surface area contributed by atoms with Crippen LogP contribution in [0.2, 0.25) is 0 Å². The van der Waals surface area contributed by atoms with Gasteiger partial charge in [0.2, 0.25) is 5.91 Å². The Bertz CT molecular complexity index is 558. The van der Waals surface area contributed by atoms with E-state index in [4.69, 9.17) is 0 Å². The SMILES string of the molecule is O=C(Nc1cc(-c2ccncc2)[nH]n1)C1CCCC1. The molecule has 1 fully saturated rings. The van der Waals surface area contributed by atoms with E-state index in [0.717, 1.165) is 36.9 Å². The van der Waals surface area contributed by atoms with Crippen molar-refractivity contribution in [3.05, 3.63) is 30.6 Å². The Labute approximate surface area is 111 Å². The number of nitrogens with zero attached hydrogens (tertiary/aromatic N) is 2. The first-order chi connectivity index (χ1) is 9.33. The second-order valence-electron chi connectivity index (χ2n) is 4.87. The molecule has 19 heavy (non-hydrogen) atoms. The number of nitrogens with one attached hydrogen (secondary N) is 2. The highest BCUT2D eigenvalue weighted by Gasteiger charge is 2.23. The van der Waals surface area contributed by atoms with Gasteiger partial charge in [-0.15, -0.1) is 0 Å². The predicted octanol–water partition coefficient (Wildman–Crippen LogP) is 2.60. The average Bonchev–Trinajstić information content (AvgIpc) is 3.11. The smallest absolute Gasteiger partial charge is 0.228 e. The number of aromatic amines is 1. The van der Waals surface area contributed by atoms with Gasteiger partial charge in [0.1, 0.15) is 0 Å². The number of pyridine rings is 1. The molecule has 0 aromatic carbocycles. The fraction of sp³-hybridized carbons (Fsp3) is 0.357. The standard InChI is InChI=1S/C14H16N4O/c19-14(11-3-1-2-4-11)16-13-9-12(17-18-13)10-5-7-15-8-6-10/h5-9,11H,1-4H2,(H2,16,17,18,19). The van der Waals surface area contributed by atoms with Gasteiger partial charge in [0.05, 0.1) is 5.69 Å². The lowest BCUT2D eigenvalue weighted by Gasteiger charge is -2.07. The van der Waals surface area contributed by atoms with E-state index in [1.165, 1.54) is 0 Å². The second kappa shape index (κ2) is 5.22. The van der Waals surface area contributed by atoms with Crippen molar-refractivity contribution in [3.63, 3.8) is 0 Å². The van der Waals surface area contributed by atoms with Crippen LogP contribution in [0.15, 0.2) is 30.6 Å². The summed E-state index contributed by atoms with van der Waals surface area (Å²) in [6, 6.07) is 5.65. The molecule has 0 bridgehead atoms. The van der Waals surface area contributed by atoms with Gasteiger partial charge >= 0.3 is 0 Å². The molecule has 1 aliphatic carbocycles. The molecule has 3 rings (SSSR count). The Morgan fingerprint density at radius 3 is 2.74 bits per heavy atom. The van der Waals surface area contributed by atoms with Crippen molar-refractivity contribution in [1.29, 1.82) is 0 Å². The number of carbonyl (C=O) groups is 1. The minimum Gasteiger partial charge on any atom is -0.309 e. The molecule has 0 unspecified atom stereocenters. The zero-order valence-corrected chi connectivity index (χ0v) is 10.6. The van der Waals surface area contributed by atoms with E-state index >= 15 is 0 Å². The van der Waals surface area contributed by atoms with Crippen LogP contribution in [0.5, 0.6) is 0 Å². The molecule has 98 valence electrons. The van der Waals surface area contributed by atoms with Crippen LogP contribution in [0.25, 0.3) is 11.3 Å². The lowest BCUT2D eigenvalue weighted by Crippen LogP contribution is -2.20. The lowest BCUT2D eigenvalue weighted by molar-refractivity contribution is -0.119. The van der Waals surface area contributed by atoms with Gasteiger partial charge in [-0.05, 0) is 25.0 Å². The number of H-pyrrole nitrogens is 1. The minimum atomic E-state index is 0.0882. The summed E-state index contributed by atoms with van der Waals surface area (Å²) in [5, 5.41) is 9.93. The second-order valence-corrected chi connectivity index (χ2v) is 4.87. The molecular formula is C14H16N4O. The monoisotopic (exact) mass is 256 g/mol. The summed E-state index contributed by atoms with van der Waals surface area (Å²) in [6.07, 6.45) is 7.75. The topological polar surface area (TPSA) is 70.7 Å². The molecule has 2 N–H and O–H groups in total. The molecule has 0 aliphatic heterocycles. The van der Waals surface area contributed by atoms with Gasteiger partial charge in [-0.2, -0.15) is 5.10 Å². The molecule has 0 atom stereocenters. The minimum absolute atomic E-state index is 0.0882. The molecule has 1 aliphatic rings. The molecule has 1 amide bonds. The third-order valence-electron chi connectivity index (χ3n) is 3.55. The highest BCUT2D eigenvalue weighted by Crippen LogP contribution is 2.26. The first-order valence-electron chi connectivity index (χ1n) is 6.59. The molecule has 0 saturated heterocycles. The van der Waals surface area contributed by atoms with E-state index in [1.54, 1.807) is 12.4 Å². The predicted molar refractivity (Wildman–Crippen MR) is 72.4 cm³/mol. The maximum Gasteiger partial charge on any atom is 0.228 e. The first kappa shape index (κ1) is 11.9. The molecular weight excluding hydrogens is 240 g/mol. The van der Waals surface area contributed by atoms with E-state index < -0.39 is 0 Å². The van der Waals surface area contributed by atoms with Crippen LogP contribution in [0, 0.1) is 5.92 Å². The molecule has 0 radical (unpaired) electrons. The molecule has 5 nitrogen and oxygen atoms in total. The van der Waals surface area contributed by atoms with E-state index in [-0.39, 0.29) is 11.8 Å². The summed E-state index contributed by atoms with van der Waals surface area (Å²) in [7, 11) is 0. The van der Waals surface area contributed by atoms with Gasteiger partial charge in [-0.3, -0.25) is 14.9 Å². The van der Waals surface area contributed by atoms with Crippen LogP contribution in [-0.4, -0.2) is 21.1 Å². The zero-order valence-electron chi connectivity index (χ0n) is 10.6. The zero-order chi connectivity index (χ0) is 13.1. The molecule has 5 heteroatoms. The number of carbonyl (C=O) groups excluding carboxylic acids is 1. The average molecular weight is 256 g/mol. The van der Waals surface area contributed by atoms with Crippen LogP contribution in [-0.2, 0) is 4.79 Å². The summed E-state index contributed by atoms with van der Waals surface area (Å²) >= 11 is 0. The van der Waals surface area contributed by atoms with E-state index in [1.807, 2.05) is 18.2 Å². The van der Waals surface area contributed by atoms with Crippen LogP contribution >= 0.6 is 0 Å². The molecule has 2 aromatic rings. The van der Waals surface area contributed by atoms with Crippen molar-refractivity contribution in [1.82, 2.24) is 15.2 Å². The largest absolute Gasteiger partial charge is 0.309 e. The van der Waals surface area contributed by atoms with Gasteiger partial charge in [-0.1, -0.05) is 12.8 Å². The van der Waals surface area contributed by atoms with Gasteiger partial charge in [0.25, 0.3) is 0 Å². The number of hydrogen-bond acceptors (Lipinski definition) is 3. The number of hydrogen-bond donors (Lipinski definition) is 2. The van der Waals surface area contributed by atoms with E-state index in [9.17, 15) is 4.79 Å². The summed E-state index contributed by atoms with van der Waals surface area (Å²) in [5.74, 6) is 0.829. The van der Waals surface area contributed by atoms with Crippen molar-refractivity contribution < 1.29 is 4.79 Å². The maximum absolute atomic E-state index is 12.0. The summed E-state index contributed by atoms with van der Waals surface area (Å²) in [6.45, 7) is 0. The lowest BCUT2D eigenvalue weighted by atomic mass is 10.1. The Morgan fingerprint density at radius 1 is 1.26 bits per heavy atom. The molecule has 1 saturated carbocycles. The van der Waals surface area contributed by atoms with E-state index in [2.05, 4.69) is 20.5 Å². The van der Waals surface area contributed by atoms with Crippen LogP contribution < -0.4 is 5.32 Å². The van der Waals surface area contributed by atoms with Crippen molar-refractivity contribution in [2.24, 2.45) is 5.92 Å². The maximum atomic E-state index is 12.0. The Hall–Kier alpha value is -2.17. The Balaban J connectivity index is 1.70. The van der Waals surface area contributed by atoms with Gasteiger partial charge in [0.15, 0.2) is 5.82 Å². The first-order valence-corrected chi connectivity index (χ1v) is 6.59. The third-order valence-corrected chi connectivity index (χ3v) is 3.55. The number of anilines is 1. The van der Waals surface area contributed by atoms with Crippen molar-refractivity contribution >= 4 is 11.7 Å². The van der Waals surface area contributed by atoms with Crippen molar-refractivity contribution in [3.8, 4) is 11.3 Å². The Morgan fingerprint density at radius 2 is 2.00 bits per heavy atom. The number of aromatic nitrogens is 3. The Kier molecular flexibility index (Phi) is 3.27. The van der Waals surface area contributed by atoms with Crippen molar-refractivity contribution in [2.75, 3.05) is 5.32 Å². The number of rotatable bonds is 3. The summed E-state index contributed by atoms with van der Waals surface area (Å²) in [5.41, 5.74) is 1.88. The fourth-order valence-corrected chi connectivity index (χ4v) is 2.48. The van der Waals surface area contributed by atoms with Crippen LogP contribution in [0.4, 0.5) is 5.82 Å². The van der Waals surface area contributed by atoms with Crippen molar-refractivity contribution in [2.45, 2.75) is 25.7 Å². The van der Waals surface area contributed by atoms with Crippen LogP contribution in [0.3, 0.4) is 0 Å². The third kappa shape index (κ3) is 2.65. The fourth-order valence-electron chi connectivity index (χ4n) is 2.48. The van der Waals surface area contributed by atoms with Gasteiger partial charge in [0, 0.05) is 29.9 Å². The molecule has 0 spiro atoms. The number of amides is 1.